The number of aromatic hydroxyl groups is 1. The van der Waals surface area contributed by atoms with Crippen LogP contribution in [-0.4, -0.2) is 26.8 Å². The number of benzene rings is 2. The van der Waals surface area contributed by atoms with E-state index in [0.29, 0.717) is 11.3 Å². The molecule has 0 spiro atoms. The van der Waals surface area contributed by atoms with Gasteiger partial charge in [0.1, 0.15) is 5.56 Å². The van der Waals surface area contributed by atoms with Gasteiger partial charge < -0.3 is 5.11 Å². The highest BCUT2D eigenvalue weighted by atomic mass is 16.3. The molecule has 3 N–H and O–H groups in total. The van der Waals surface area contributed by atoms with Crippen LogP contribution in [0.5, 0.6) is 5.88 Å². The maximum Gasteiger partial charge on any atom is 0.335 e. The number of H-pyrrole nitrogens is 1. The van der Waals surface area contributed by atoms with Crippen molar-refractivity contribution in [2.75, 3.05) is 0 Å². The third kappa shape index (κ3) is 3.84. The van der Waals surface area contributed by atoms with Crippen molar-refractivity contribution in [2.45, 2.75) is 6.92 Å². The Labute approximate surface area is 153 Å². The van der Waals surface area contributed by atoms with Crippen molar-refractivity contribution >= 4 is 12.1 Å². The van der Waals surface area contributed by atoms with Gasteiger partial charge in [0.2, 0.25) is 5.88 Å². The molecule has 1 heterocycles. The monoisotopic (exact) mass is 364 g/mol. The Morgan fingerprint density at radius 3 is 2.44 bits per heavy atom. The molecule has 3 aromatic rings. The number of carbonyl (C=O) groups excluding carboxylic acids is 1. The highest BCUT2D eigenvalue weighted by molar-refractivity contribution is 5.94. The number of carbonyl (C=O) groups is 1. The number of amides is 1. The number of hydrogen-bond acceptors (Lipinski definition) is 5. The molecule has 8 heteroatoms. The van der Waals surface area contributed by atoms with Gasteiger partial charge in [0.15, 0.2) is 0 Å². The molecule has 1 amide bonds. The number of nitrogens with zero attached hydrogens (tertiary/aromatic N) is 2. The van der Waals surface area contributed by atoms with E-state index >= 15 is 0 Å². The van der Waals surface area contributed by atoms with E-state index in [1.54, 1.807) is 54.6 Å². The van der Waals surface area contributed by atoms with E-state index < -0.39 is 23.0 Å². The zero-order valence-electron chi connectivity index (χ0n) is 14.3. The highest BCUT2D eigenvalue weighted by Gasteiger charge is 2.14. The van der Waals surface area contributed by atoms with Gasteiger partial charge in [0, 0.05) is 5.56 Å². The number of aryl methyl sites for hydroxylation is 1. The van der Waals surface area contributed by atoms with Crippen LogP contribution in [0.25, 0.3) is 5.69 Å². The second kappa shape index (κ2) is 7.52. The minimum Gasteiger partial charge on any atom is -0.493 e. The van der Waals surface area contributed by atoms with Crippen LogP contribution in [0, 0.1) is 6.92 Å². The van der Waals surface area contributed by atoms with E-state index in [-0.39, 0.29) is 5.56 Å². The standard InChI is InChI=1S/C19H16N4O4/c1-12-7-9-14(10-8-12)23-18(26)15(17(25)21-19(23)27)11-20-22-16(24)13-5-3-2-4-6-13/h2-11,26H,1H3,(H,22,24)(H,21,25,27)/b20-11+. The summed E-state index contributed by atoms with van der Waals surface area (Å²) in [5.74, 6) is -1.06. The summed E-state index contributed by atoms with van der Waals surface area (Å²) in [5.41, 5.74) is 2.13. The van der Waals surface area contributed by atoms with Gasteiger partial charge in [-0.05, 0) is 31.2 Å². The topological polar surface area (TPSA) is 117 Å². The van der Waals surface area contributed by atoms with Crippen LogP contribution in [0.3, 0.4) is 0 Å². The van der Waals surface area contributed by atoms with E-state index in [1.165, 1.54) is 0 Å². The van der Waals surface area contributed by atoms with Gasteiger partial charge in [-0.3, -0.25) is 14.6 Å². The summed E-state index contributed by atoms with van der Waals surface area (Å²) in [7, 11) is 0. The van der Waals surface area contributed by atoms with Crippen LogP contribution in [0.1, 0.15) is 21.5 Å². The third-order valence-electron chi connectivity index (χ3n) is 3.81. The number of rotatable bonds is 4. The Hall–Kier alpha value is -3.94. The SMILES string of the molecule is Cc1ccc(-n2c(O)c(/C=N/NC(=O)c3ccccc3)c(=O)[nH]c2=O)cc1. The first-order chi connectivity index (χ1) is 13.0. The quantitative estimate of drug-likeness (QED) is 0.478. The number of nitrogens with one attached hydrogen (secondary N) is 2. The van der Waals surface area contributed by atoms with Gasteiger partial charge in [-0.1, -0.05) is 35.9 Å². The van der Waals surface area contributed by atoms with Crippen molar-refractivity contribution in [3.63, 3.8) is 0 Å². The fourth-order valence-corrected chi connectivity index (χ4v) is 2.40. The van der Waals surface area contributed by atoms with Crippen LogP contribution >= 0.6 is 0 Å². The maximum absolute atomic E-state index is 12.1. The molecule has 8 nitrogen and oxygen atoms in total. The van der Waals surface area contributed by atoms with E-state index in [9.17, 15) is 19.5 Å². The van der Waals surface area contributed by atoms with E-state index in [2.05, 4.69) is 15.5 Å². The zero-order chi connectivity index (χ0) is 19.4. The van der Waals surface area contributed by atoms with E-state index in [1.807, 2.05) is 6.92 Å². The summed E-state index contributed by atoms with van der Waals surface area (Å²) in [6, 6.07) is 15.2. The average Bonchev–Trinajstić information content (AvgIpc) is 2.66. The van der Waals surface area contributed by atoms with Crippen molar-refractivity contribution in [3.05, 3.63) is 92.1 Å². The lowest BCUT2D eigenvalue weighted by Crippen LogP contribution is -2.31. The van der Waals surface area contributed by atoms with Gasteiger partial charge in [-0.15, -0.1) is 0 Å². The minimum atomic E-state index is -0.821. The van der Waals surface area contributed by atoms with Gasteiger partial charge in [-0.25, -0.2) is 14.8 Å². The normalized spacial score (nSPS) is 10.9. The molecule has 3 rings (SSSR count). The lowest BCUT2D eigenvalue weighted by Gasteiger charge is -2.09. The Balaban J connectivity index is 1.93. The first kappa shape index (κ1) is 17.9. The fourth-order valence-electron chi connectivity index (χ4n) is 2.40. The summed E-state index contributed by atoms with van der Waals surface area (Å²) in [5, 5.41) is 14.1. The summed E-state index contributed by atoms with van der Waals surface area (Å²) >= 11 is 0. The predicted molar refractivity (Wildman–Crippen MR) is 101 cm³/mol. The molecule has 27 heavy (non-hydrogen) atoms. The van der Waals surface area contributed by atoms with Crippen molar-refractivity contribution in [1.29, 1.82) is 0 Å². The molecule has 0 radical (unpaired) electrons. The molecule has 0 bridgehead atoms. The molecule has 136 valence electrons. The molecule has 0 saturated heterocycles. The molecule has 0 aliphatic rings. The maximum atomic E-state index is 12.1. The Morgan fingerprint density at radius 1 is 1.11 bits per heavy atom. The van der Waals surface area contributed by atoms with E-state index in [0.717, 1.165) is 16.3 Å². The molecule has 0 unspecified atom stereocenters. The number of hydrogen-bond donors (Lipinski definition) is 3. The minimum absolute atomic E-state index is 0.261. The van der Waals surface area contributed by atoms with Crippen molar-refractivity contribution in [1.82, 2.24) is 15.0 Å². The van der Waals surface area contributed by atoms with Crippen LogP contribution in [-0.2, 0) is 0 Å². The number of aromatic amines is 1. The summed E-state index contributed by atoms with van der Waals surface area (Å²) in [6.07, 6.45) is 0.985. The molecule has 2 aromatic carbocycles. The molecule has 0 aliphatic carbocycles. The number of aromatic nitrogens is 2. The van der Waals surface area contributed by atoms with Gasteiger partial charge in [-0.2, -0.15) is 5.10 Å². The summed E-state index contributed by atoms with van der Waals surface area (Å²) in [6.45, 7) is 1.88. The lowest BCUT2D eigenvalue weighted by atomic mass is 10.2. The van der Waals surface area contributed by atoms with Crippen LogP contribution in [0.2, 0.25) is 0 Å². The summed E-state index contributed by atoms with van der Waals surface area (Å²) < 4.78 is 0.946. The predicted octanol–water partition coefficient (Wildman–Crippen LogP) is 1.30. The highest BCUT2D eigenvalue weighted by Crippen LogP contribution is 2.15. The Kier molecular flexibility index (Phi) is 4.98. The molecule has 0 saturated carbocycles. The molecule has 0 atom stereocenters. The number of hydrazone groups is 1. The molecule has 1 aromatic heterocycles. The van der Waals surface area contributed by atoms with E-state index in [4.69, 9.17) is 0 Å². The van der Waals surface area contributed by atoms with Crippen molar-refractivity contribution < 1.29 is 9.90 Å². The van der Waals surface area contributed by atoms with Gasteiger partial charge in [0.05, 0.1) is 11.9 Å². The van der Waals surface area contributed by atoms with Crippen LogP contribution in [0.15, 0.2) is 69.3 Å². The molecular weight excluding hydrogens is 348 g/mol. The van der Waals surface area contributed by atoms with Gasteiger partial charge >= 0.3 is 5.69 Å². The Morgan fingerprint density at radius 2 is 1.78 bits per heavy atom. The average molecular weight is 364 g/mol. The third-order valence-corrected chi connectivity index (χ3v) is 3.81. The van der Waals surface area contributed by atoms with Crippen LogP contribution in [0.4, 0.5) is 0 Å². The zero-order valence-corrected chi connectivity index (χ0v) is 14.3. The first-order valence-electron chi connectivity index (χ1n) is 8.01. The lowest BCUT2D eigenvalue weighted by molar-refractivity contribution is 0.0955. The van der Waals surface area contributed by atoms with Gasteiger partial charge in [0.25, 0.3) is 11.5 Å². The first-order valence-corrected chi connectivity index (χ1v) is 8.01. The molecular formula is C19H16N4O4. The van der Waals surface area contributed by atoms with Crippen molar-refractivity contribution in [3.8, 4) is 11.6 Å². The summed E-state index contributed by atoms with van der Waals surface area (Å²) in [4.78, 5) is 38.2. The van der Waals surface area contributed by atoms with Crippen molar-refractivity contribution in [2.24, 2.45) is 5.10 Å². The second-order valence-corrected chi connectivity index (χ2v) is 5.73. The fraction of sp³-hybridized carbons (Fsp3) is 0.0526. The smallest absolute Gasteiger partial charge is 0.335 e. The van der Waals surface area contributed by atoms with Crippen LogP contribution < -0.4 is 16.7 Å². The second-order valence-electron chi connectivity index (χ2n) is 5.73. The Bertz CT molecular complexity index is 1110. The molecule has 0 fully saturated rings. The largest absolute Gasteiger partial charge is 0.493 e. The molecule has 0 aliphatic heterocycles.